The molecule has 1 fully saturated rings. The summed E-state index contributed by atoms with van der Waals surface area (Å²) >= 11 is 0. The van der Waals surface area contributed by atoms with E-state index in [9.17, 15) is 13.6 Å². The van der Waals surface area contributed by atoms with E-state index in [1.54, 1.807) is 0 Å². The molecule has 2 aromatic carbocycles. The molecule has 3 nitrogen and oxygen atoms in total. The molecule has 3 rings (SSSR count). The molecule has 0 amide bonds. The van der Waals surface area contributed by atoms with E-state index in [1.807, 2.05) is 60.7 Å². The van der Waals surface area contributed by atoms with Gasteiger partial charge in [-0.15, -0.1) is 0 Å². The maximum atomic E-state index is 13.6. The predicted octanol–water partition coefficient (Wildman–Crippen LogP) is 4.10. The molecule has 0 spiro atoms. The molecule has 0 saturated heterocycles. The summed E-state index contributed by atoms with van der Waals surface area (Å²) in [6, 6.07) is 19.1. The summed E-state index contributed by atoms with van der Waals surface area (Å²) < 4.78 is 32.2. The Bertz CT molecular complexity index is 652. The first kappa shape index (κ1) is 17.5. The monoisotopic (exact) mass is 345 g/mol. The first-order valence-corrected chi connectivity index (χ1v) is 8.47. The molecule has 5 heteroatoms. The lowest BCUT2D eigenvalue weighted by molar-refractivity contribution is -0.166. The molecule has 1 atom stereocenters. The number of halogens is 2. The van der Waals surface area contributed by atoms with Gasteiger partial charge in [-0.1, -0.05) is 60.7 Å². The minimum Gasteiger partial charge on any atom is -0.455 e. The van der Waals surface area contributed by atoms with Gasteiger partial charge >= 0.3 is 5.97 Å². The first-order chi connectivity index (χ1) is 12.1. The highest BCUT2D eigenvalue weighted by molar-refractivity contribution is 5.72. The number of hydrogen-bond acceptors (Lipinski definition) is 3. The molecule has 1 aliphatic rings. The lowest BCUT2D eigenvalue weighted by atomic mass is 9.99. The molecule has 0 bridgehead atoms. The number of benzene rings is 2. The van der Waals surface area contributed by atoms with Crippen molar-refractivity contribution < 1.29 is 18.3 Å². The predicted molar refractivity (Wildman–Crippen MR) is 91.4 cm³/mol. The van der Waals surface area contributed by atoms with Crippen molar-refractivity contribution in [2.45, 2.75) is 37.3 Å². The number of ether oxygens (including phenoxy) is 1. The SMILES string of the molecule is O=C(CNC(c1ccccc1)c1ccccc1)O[C@H]1CCCC1(F)F. The van der Waals surface area contributed by atoms with Gasteiger partial charge in [0.05, 0.1) is 12.6 Å². The molecular formula is C20H21F2NO2. The third-order valence-corrected chi connectivity index (χ3v) is 4.44. The number of carbonyl (C=O) groups is 1. The fourth-order valence-corrected chi connectivity index (χ4v) is 3.15. The Morgan fingerprint density at radius 1 is 1.08 bits per heavy atom. The van der Waals surface area contributed by atoms with Gasteiger partial charge in [-0.2, -0.15) is 0 Å². The minimum atomic E-state index is -2.91. The fraction of sp³-hybridized carbons (Fsp3) is 0.350. The van der Waals surface area contributed by atoms with Crippen LogP contribution in [-0.4, -0.2) is 24.5 Å². The summed E-state index contributed by atoms with van der Waals surface area (Å²) in [5.41, 5.74) is 1.99. The van der Waals surface area contributed by atoms with Gasteiger partial charge in [0.15, 0.2) is 6.10 Å². The molecule has 0 heterocycles. The van der Waals surface area contributed by atoms with Gasteiger partial charge in [0.25, 0.3) is 5.92 Å². The van der Waals surface area contributed by atoms with E-state index in [1.165, 1.54) is 0 Å². The second kappa shape index (κ2) is 7.74. The molecule has 132 valence electrons. The Hall–Kier alpha value is -2.27. The Labute approximate surface area is 146 Å². The summed E-state index contributed by atoms with van der Waals surface area (Å²) in [7, 11) is 0. The van der Waals surface area contributed by atoms with Crippen LogP contribution >= 0.6 is 0 Å². The zero-order valence-electron chi connectivity index (χ0n) is 13.8. The maximum absolute atomic E-state index is 13.6. The summed E-state index contributed by atoms with van der Waals surface area (Å²) in [4.78, 5) is 12.0. The Kier molecular flexibility index (Phi) is 5.43. The largest absolute Gasteiger partial charge is 0.455 e. The third kappa shape index (κ3) is 4.42. The van der Waals surface area contributed by atoms with Crippen molar-refractivity contribution in [1.29, 1.82) is 0 Å². The molecular weight excluding hydrogens is 324 g/mol. The van der Waals surface area contributed by atoms with Crippen LogP contribution in [0, 0.1) is 0 Å². The van der Waals surface area contributed by atoms with Crippen LogP contribution in [0.3, 0.4) is 0 Å². The van der Waals surface area contributed by atoms with Gasteiger partial charge in [0, 0.05) is 6.42 Å². The third-order valence-electron chi connectivity index (χ3n) is 4.44. The Balaban J connectivity index is 1.66. The summed E-state index contributed by atoms with van der Waals surface area (Å²) in [6.45, 7) is -0.124. The van der Waals surface area contributed by atoms with Gasteiger partial charge < -0.3 is 4.74 Å². The van der Waals surface area contributed by atoms with Crippen LogP contribution in [0.4, 0.5) is 8.78 Å². The molecule has 2 aromatic rings. The second-order valence-corrected chi connectivity index (χ2v) is 6.27. The van der Waals surface area contributed by atoms with Gasteiger partial charge in [-0.25, -0.2) is 8.78 Å². The smallest absolute Gasteiger partial charge is 0.320 e. The van der Waals surface area contributed by atoms with Crippen LogP contribution < -0.4 is 5.32 Å². The number of rotatable bonds is 6. The van der Waals surface area contributed by atoms with E-state index in [0.29, 0.717) is 6.42 Å². The average molecular weight is 345 g/mol. The first-order valence-electron chi connectivity index (χ1n) is 8.47. The number of carbonyl (C=O) groups excluding carboxylic acids is 1. The van der Waals surface area contributed by atoms with Crippen molar-refractivity contribution in [2.24, 2.45) is 0 Å². The van der Waals surface area contributed by atoms with E-state index in [-0.39, 0.29) is 25.4 Å². The van der Waals surface area contributed by atoms with Crippen LogP contribution in [0.5, 0.6) is 0 Å². The lowest BCUT2D eigenvalue weighted by Gasteiger charge is -2.22. The highest BCUT2D eigenvalue weighted by Crippen LogP contribution is 2.37. The minimum absolute atomic E-state index is 0.124. The number of nitrogens with one attached hydrogen (secondary N) is 1. The van der Waals surface area contributed by atoms with Gasteiger partial charge in [-0.3, -0.25) is 10.1 Å². The van der Waals surface area contributed by atoms with Crippen molar-refractivity contribution in [3.8, 4) is 0 Å². The van der Waals surface area contributed by atoms with Gasteiger partial charge in [-0.05, 0) is 24.0 Å². The van der Waals surface area contributed by atoms with Crippen LogP contribution in [0.2, 0.25) is 0 Å². The lowest BCUT2D eigenvalue weighted by Crippen LogP contribution is -2.36. The zero-order valence-corrected chi connectivity index (χ0v) is 13.8. The molecule has 0 aliphatic heterocycles. The quantitative estimate of drug-likeness (QED) is 0.801. The van der Waals surface area contributed by atoms with E-state index < -0.39 is 18.0 Å². The van der Waals surface area contributed by atoms with Crippen LogP contribution in [0.1, 0.15) is 36.4 Å². The van der Waals surface area contributed by atoms with Gasteiger partial charge in [0.2, 0.25) is 0 Å². The molecule has 0 radical (unpaired) electrons. The van der Waals surface area contributed by atoms with E-state index >= 15 is 0 Å². The van der Waals surface area contributed by atoms with E-state index in [4.69, 9.17) is 4.74 Å². The Morgan fingerprint density at radius 3 is 2.12 bits per heavy atom. The summed E-state index contributed by atoms with van der Waals surface area (Å²) in [5.74, 6) is -3.56. The fourth-order valence-electron chi connectivity index (χ4n) is 3.15. The molecule has 1 N–H and O–H groups in total. The molecule has 0 aromatic heterocycles. The second-order valence-electron chi connectivity index (χ2n) is 6.27. The van der Waals surface area contributed by atoms with Crippen molar-refractivity contribution in [3.63, 3.8) is 0 Å². The summed E-state index contributed by atoms with van der Waals surface area (Å²) in [6.07, 6.45) is -0.905. The number of hydrogen-bond donors (Lipinski definition) is 1. The molecule has 0 unspecified atom stereocenters. The highest BCUT2D eigenvalue weighted by atomic mass is 19.3. The number of esters is 1. The molecule has 1 aliphatic carbocycles. The Morgan fingerprint density at radius 2 is 1.64 bits per heavy atom. The highest BCUT2D eigenvalue weighted by Gasteiger charge is 2.46. The number of alkyl halides is 2. The van der Waals surface area contributed by atoms with Crippen molar-refractivity contribution in [3.05, 3.63) is 71.8 Å². The van der Waals surface area contributed by atoms with Crippen molar-refractivity contribution >= 4 is 5.97 Å². The normalized spacial score (nSPS) is 19.1. The van der Waals surface area contributed by atoms with Gasteiger partial charge in [0.1, 0.15) is 0 Å². The standard InChI is InChI=1S/C20H21F2NO2/c21-20(22)13-7-12-17(20)25-18(24)14-23-19(15-8-3-1-4-9-15)16-10-5-2-6-11-16/h1-6,8-11,17,19,23H,7,12-14H2/t17-/m0/s1. The maximum Gasteiger partial charge on any atom is 0.320 e. The summed E-state index contributed by atoms with van der Waals surface area (Å²) in [5, 5.41) is 3.13. The zero-order chi connectivity index (χ0) is 17.7. The van der Waals surface area contributed by atoms with E-state index in [0.717, 1.165) is 11.1 Å². The van der Waals surface area contributed by atoms with Crippen LogP contribution in [-0.2, 0) is 9.53 Å². The molecule has 1 saturated carbocycles. The van der Waals surface area contributed by atoms with E-state index in [2.05, 4.69) is 5.32 Å². The topological polar surface area (TPSA) is 38.3 Å². The molecule has 25 heavy (non-hydrogen) atoms. The average Bonchev–Trinajstić information content (AvgIpc) is 2.95. The van der Waals surface area contributed by atoms with Crippen LogP contribution in [0.15, 0.2) is 60.7 Å². The van der Waals surface area contributed by atoms with Crippen LogP contribution in [0.25, 0.3) is 0 Å². The van der Waals surface area contributed by atoms with Crippen molar-refractivity contribution in [2.75, 3.05) is 6.54 Å². The van der Waals surface area contributed by atoms with Crippen molar-refractivity contribution in [1.82, 2.24) is 5.32 Å².